The zero-order valence-electron chi connectivity index (χ0n) is 16.1. The largest absolute Gasteiger partial charge is 0.261 e. The lowest BCUT2D eigenvalue weighted by Gasteiger charge is -2.36. The quantitative estimate of drug-likeness (QED) is 0.496. The summed E-state index contributed by atoms with van der Waals surface area (Å²) in [4.78, 5) is 15.8. The molecule has 0 aromatic carbocycles. The second-order valence-electron chi connectivity index (χ2n) is 7.81. The van der Waals surface area contributed by atoms with Crippen LogP contribution in [0.25, 0.3) is 10.2 Å². The zero-order chi connectivity index (χ0) is 18.9. The third-order valence-electron chi connectivity index (χ3n) is 5.91. The van der Waals surface area contributed by atoms with Crippen LogP contribution in [-0.4, -0.2) is 21.2 Å². The molecule has 0 saturated heterocycles. The van der Waals surface area contributed by atoms with Crippen molar-refractivity contribution in [3.63, 3.8) is 0 Å². The minimum Gasteiger partial charge on any atom is -0.261 e. The maximum Gasteiger partial charge on any atom is 0.158 e. The second-order valence-corrected chi connectivity index (χ2v) is 8.90. The number of rotatable bonds is 5. The van der Waals surface area contributed by atoms with Gasteiger partial charge >= 0.3 is 0 Å². The number of hydrogen-bond acceptors (Lipinski definition) is 6. The van der Waals surface area contributed by atoms with Gasteiger partial charge in [-0.3, -0.25) is 10.4 Å². The first-order valence-corrected chi connectivity index (χ1v) is 10.4. The first kappa shape index (κ1) is 18.0. The van der Waals surface area contributed by atoms with E-state index < -0.39 is 0 Å². The molecule has 0 aliphatic heterocycles. The smallest absolute Gasteiger partial charge is 0.158 e. The molecular formula is C21H25N5S. The molecule has 1 N–H and O–H groups in total. The third-order valence-corrected chi connectivity index (χ3v) is 7.11. The Bertz CT molecular complexity index is 961. The van der Waals surface area contributed by atoms with E-state index in [0.717, 1.165) is 34.6 Å². The first-order valence-electron chi connectivity index (χ1n) is 9.54. The van der Waals surface area contributed by atoms with Crippen molar-refractivity contribution in [3.8, 4) is 0 Å². The molecule has 6 heteroatoms. The topological polar surface area (TPSA) is 63.1 Å². The maximum absolute atomic E-state index is 4.52. The average molecular weight is 380 g/mol. The van der Waals surface area contributed by atoms with Crippen LogP contribution >= 0.6 is 11.3 Å². The van der Waals surface area contributed by atoms with E-state index in [9.17, 15) is 0 Å². The number of thiophene rings is 1. The highest BCUT2D eigenvalue weighted by Crippen LogP contribution is 2.45. The molecule has 4 rings (SSSR count). The predicted molar refractivity (Wildman–Crippen MR) is 112 cm³/mol. The van der Waals surface area contributed by atoms with E-state index in [0.29, 0.717) is 11.3 Å². The molecule has 0 unspecified atom stereocenters. The monoisotopic (exact) mass is 379 g/mol. The molecule has 0 spiro atoms. The van der Waals surface area contributed by atoms with Crippen LogP contribution in [0.2, 0.25) is 0 Å². The van der Waals surface area contributed by atoms with E-state index in [1.54, 1.807) is 18.7 Å². The fourth-order valence-electron chi connectivity index (χ4n) is 3.76. The Morgan fingerprint density at radius 2 is 2.19 bits per heavy atom. The van der Waals surface area contributed by atoms with Gasteiger partial charge in [-0.1, -0.05) is 33.3 Å². The Hall–Kier alpha value is -2.34. The lowest BCUT2D eigenvalue weighted by Crippen LogP contribution is -2.28. The van der Waals surface area contributed by atoms with Gasteiger partial charge in [-0.25, -0.2) is 9.97 Å². The molecule has 0 saturated carbocycles. The number of aromatic nitrogens is 3. The van der Waals surface area contributed by atoms with Crippen molar-refractivity contribution in [1.82, 2.24) is 15.0 Å². The van der Waals surface area contributed by atoms with E-state index in [-0.39, 0.29) is 0 Å². The molecule has 3 aromatic heterocycles. The Morgan fingerprint density at radius 3 is 2.96 bits per heavy atom. The summed E-state index contributed by atoms with van der Waals surface area (Å²) >= 11 is 1.81. The Balaban J connectivity index is 1.65. The van der Waals surface area contributed by atoms with Gasteiger partial charge in [0.2, 0.25) is 0 Å². The van der Waals surface area contributed by atoms with Gasteiger partial charge in [0, 0.05) is 11.1 Å². The summed E-state index contributed by atoms with van der Waals surface area (Å²) < 4.78 is 0. The van der Waals surface area contributed by atoms with Crippen LogP contribution in [-0.2, 0) is 12.8 Å². The highest BCUT2D eigenvalue weighted by atomic mass is 32.1. The summed E-state index contributed by atoms with van der Waals surface area (Å²) in [6, 6.07) is 5.76. The van der Waals surface area contributed by atoms with Crippen molar-refractivity contribution in [2.45, 2.75) is 46.5 Å². The number of hydrogen-bond donors (Lipinski definition) is 1. The van der Waals surface area contributed by atoms with Gasteiger partial charge < -0.3 is 0 Å². The molecule has 5 nitrogen and oxygen atoms in total. The third kappa shape index (κ3) is 3.58. The van der Waals surface area contributed by atoms with E-state index in [1.165, 1.54) is 23.3 Å². The molecule has 1 atom stereocenters. The van der Waals surface area contributed by atoms with Gasteiger partial charge in [0.15, 0.2) is 5.82 Å². The van der Waals surface area contributed by atoms with E-state index >= 15 is 0 Å². The van der Waals surface area contributed by atoms with E-state index in [4.69, 9.17) is 0 Å². The van der Waals surface area contributed by atoms with Crippen molar-refractivity contribution in [1.29, 1.82) is 0 Å². The Morgan fingerprint density at radius 1 is 1.30 bits per heavy atom. The molecule has 140 valence electrons. The summed E-state index contributed by atoms with van der Waals surface area (Å²) in [6.45, 7) is 7.08. The minimum atomic E-state index is 0.353. The summed E-state index contributed by atoms with van der Waals surface area (Å²) in [6.07, 6.45) is 9.80. The van der Waals surface area contributed by atoms with Crippen LogP contribution in [0.4, 0.5) is 5.82 Å². The van der Waals surface area contributed by atoms with Crippen LogP contribution in [0.3, 0.4) is 0 Å². The molecule has 0 fully saturated rings. The predicted octanol–water partition coefficient (Wildman–Crippen LogP) is 5.07. The molecule has 0 radical (unpaired) electrons. The molecular weight excluding hydrogens is 354 g/mol. The van der Waals surface area contributed by atoms with Crippen molar-refractivity contribution >= 4 is 33.6 Å². The van der Waals surface area contributed by atoms with Crippen LogP contribution in [0.5, 0.6) is 0 Å². The summed E-state index contributed by atoms with van der Waals surface area (Å²) in [5.41, 5.74) is 5.71. The summed E-state index contributed by atoms with van der Waals surface area (Å²) in [5.74, 6) is 1.48. The highest BCUT2D eigenvalue weighted by Gasteiger charge is 2.33. The van der Waals surface area contributed by atoms with Gasteiger partial charge in [-0.15, -0.1) is 11.3 Å². The summed E-state index contributed by atoms with van der Waals surface area (Å²) in [7, 11) is 0. The van der Waals surface area contributed by atoms with E-state index in [2.05, 4.69) is 46.3 Å². The SMILES string of the molecule is CCC(C)(C)[C@H]1CCc2sc3ncnc(N/N=C\c4ccccn4)c3c2C1. The van der Waals surface area contributed by atoms with Gasteiger partial charge in [0.05, 0.1) is 17.3 Å². The van der Waals surface area contributed by atoms with Crippen molar-refractivity contribution < 1.29 is 0 Å². The minimum absolute atomic E-state index is 0.353. The standard InChI is InChI=1S/C21H25N5S/c1-4-21(2,3)14-8-9-17-16(11-14)18-19(23-13-24-20(18)27-17)26-25-12-15-7-5-6-10-22-15/h5-7,10,12-14H,4,8-9,11H2,1-3H3,(H,23,24,26)/b25-12-/t14-/m0/s1. The Kier molecular flexibility index (Phi) is 4.91. The van der Waals surface area contributed by atoms with Gasteiger partial charge in [0.25, 0.3) is 0 Å². The first-order chi connectivity index (χ1) is 13.1. The van der Waals surface area contributed by atoms with Crippen molar-refractivity contribution in [2.75, 3.05) is 5.43 Å². The van der Waals surface area contributed by atoms with Crippen molar-refractivity contribution in [2.24, 2.45) is 16.4 Å². The average Bonchev–Trinajstić information content (AvgIpc) is 3.07. The van der Waals surface area contributed by atoms with Crippen LogP contribution in [0.1, 0.15) is 49.7 Å². The number of pyridine rings is 1. The van der Waals surface area contributed by atoms with E-state index in [1.807, 2.05) is 29.5 Å². The van der Waals surface area contributed by atoms with Gasteiger partial charge in [-0.05, 0) is 48.3 Å². The van der Waals surface area contributed by atoms with Crippen LogP contribution < -0.4 is 5.43 Å². The molecule has 1 aliphatic carbocycles. The highest BCUT2D eigenvalue weighted by molar-refractivity contribution is 7.19. The normalized spacial score (nSPS) is 17.4. The number of anilines is 1. The Labute approximate surface area is 164 Å². The maximum atomic E-state index is 4.52. The van der Waals surface area contributed by atoms with Crippen LogP contribution in [0.15, 0.2) is 35.8 Å². The summed E-state index contributed by atoms with van der Waals surface area (Å²) in [5, 5.41) is 5.50. The van der Waals surface area contributed by atoms with Gasteiger partial charge in [0.1, 0.15) is 11.2 Å². The number of aryl methyl sites for hydroxylation is 1. The number of nitrogens with zero attached hydrogens (tertiary/aromatic N) is 4. The second kappa shape index (κ2) is 7.35. The number of hydrazone groups is 1. The lowest BCUT2D eigenvalue weighted by molar-refractivity contribution is 0.184. The zero-order valence-corrected chi connectivity index (χ0v) is 16.9. The molecule has 0 amide bonds. The number of fused-ring (bicyclic) bond motifs is 3. The van der Waals surface area contributed by atoms with Crippen LogP contribution in [0, 0.1) is 11.3 Å². The fourth-order valence-corrected chi connectivity index (χ4v) is 4.94. The van der Waals surface area contributed by atoms with Gasteiger partial charge in [-0.2, -0.15) is 5.10 Å². The number of nitrogens with one attached hydrogen (secondary N) is 1. The molecule has 0 bridgehead atoms. The molecule has 1 aliphatic rings. The molecule has 27 heavy (non-hydrogen) atoms. The lowest BCUT2D eigenvalue weighted by atomic mass is 9.69. The molecule has 3 aromatic rings. The molecule has 3 heterocycles. The van der Waals surface area contributed by atoms with Crippen molar-refractivity contribution in [3.05, 3.63) is 46.9 Å². The fraction of sp³-hybridized carbons (Fsp3) is 0.429.